The van der Waals surface area contributed by atoms with E-state index in [2.05, 4.69) is 13.0 Å². The number of thiocarbonyl (C=S) groups is 1. The van der Waals surface area contributed by atoms with Gasteiger partial charge in [-0.3, -0.25) is 0 Å². The number of hydrogen-bond acceptors (Lipinski definition) is 3. The Balaban J connectivity index is 2.50. The van der Waals surface area contributed by atoms with E-state index in [9.17, 15) is 0 Å². The molecule has 2 aromatic rings. The van der Waals surface area contributed by atoms with Crippen LogP contribution in [0, 0.1) is 20.8 Å². The van der Waals surface area contributed by atoms with E-state index in [4.69, 9.17) is 27.4 Å². The molecule has 3 nitrogen and oxygen atoms in total. The maximum atomic E-state index is 6.06. The molecule has 2 aromatic carbocycles. The molecule has 0 radical (unpaired) electrons. The van der Waals surface area contributed by atoms with Crippen LogP contribution in [0.2, 0.25) is 0 Å². The third kappa shape index (κ3) is 3.34. The summed E-state index contributed by atoms with van der Waals surface area (Å²) >= 11 is 5.09. The van der Waals surface area contributed by atoms with Gasteiger partial charge in [0, 0.05) is 6.07 Å². The molecule has 0 bridgehead atoms. The quantitative estimate of drug-likeness (QED) is 0.865. The van der Waals surface area contributed by atoms with E-state index in [1.165, 1.54) is 5.56 Å². The molecule has 21 heavy (non-hydrogen) atoms. The van der Waals surface area contributed by atoms with Crippen molar-refractivity contribution in [2.24, 2.45) is 5.73 Å². The summed E-state index contributed by atoms with van der Waals surface area (Å²) in [5.41, 5.74) is 9.89. The lowest BCUT2D eigenvalue weighted by Crippen LogP contribution is -2.11. The van der Waals surface area contributed by atoms with E-state index in [1.54, 1.807) is 13.2 Å². The van der Waals surface area contributed by atoms with E-state index in [-0.39, 0.29) is 0 Å². The van der Waals surface area contributed by atoms with Gasteiger partial charge in [-0.15, -0.1) is 0 Å². The molecule has 0 aliphatic heterocycles. The monoisotopic (exact) mass is 301 g/mol. The number of nitrogens with two attached hydrogens (primary N) is 1. The maximum Gasteiger partial charge on any atom is 0.141 e. The van der Waals surface area contributed by atoms with Crippen molar-refractivity contribution in [1.82, 2.24) is 0 Å². The summed E-state index contributed by atoms with van der Waals surface area (Å²) < 4.78 is 11.3. The van der Waals surface area contributed by atoms with Crippen LogP contribution in [0.15, 0.2) is 30.3 Å². The third-order valence-corrected chi connectivity index (χ3v) is 3.66. The van der Waals surface area contributed by atoms with Gasteiger partial charge in [0.05, 0.1) is 12.7 Å². The molecule has 0 saturated carbocycles. The summed E-state index contributed by atoms with van der Waals surface area (Å²) in [4.78, 5) is 0.301. The molecule has 2 rings (SSSR count). The summed E-state index contributed by atoms with van der Waals surface area (Å²) in [6.07, 6.45) is 0. The maximum absolute atomic E-state index is 6.06. The first kappa shape index (κ1) is 15.3. The van der Waals surface area contributed by atoms with Crippen molar-refractivity contribution >= 4 is 17.2 Å². The van der Waals surface area contributed by atoms with Crippen molar-refractivity contribution in [2.75, 3.05) is 7.11 Å². The highest BCUT2D eigenvalue weighted by molar-refractivity contribution is 7.80. The minimum absolute atomic E-state index is 0.301. The molecule has 0 aliphatic rings. The zero-order valence-corrected chi connectivity index (χ0v) is 13.5. The summed E-state index contributed by atoms with van der Waals surface area (Å²) in [7, 11) is 1.61. The zero-order chi connectivity index (χ0) is 15.6. The highest BCUT2D eigenvalue weighted by Gasteiger charge is 2.12. The molecule has 0 atom stereocenters. The molecule has 0 heterocycles. The zero-order valence-electron chi connectivity index (χ0n) is 12.7. The number of rotatable bonds is 4. The summed E-state index contributed by atoms with van der Waals surface area (Å²) in [6, 6.07) is 9.56. The molecular weight excluding hydrogens is 282 g/mol. The van der Waals surface area contributed by atoms with E-state index in [0.29, 0.717) is 22.1 Å². The van der Waals surface area contributed by atoms with Crippen LogP contribution in [-0.4, -0.2) is 12.1 Å². The fourth-order valence-electron chi connectivity index (χ4n) is 2.14. The molecule has 0 saturated heterocycles. The van der Waals surface area contributed by atoms with Gasteiger partial charge in [0.25, 0.3) is 0 Å². The molecule has 0 spiro atoms. The van der Waals surface area contributed by atoms with Crippen molar-refractivity contribution in [3.63, 3.8) is 0 Å². The predicted octanol–water partition coefficient (Wildman–Crippen LogP) is 4.05. The lowest BCUT2D eigenvalue weighted by molar-refractivity contribution is 0.408. The Bertz CT molecular complexity index is 695. The van der Waals surface area contributed by atoms with Crippen LogP contribution in [0.4, 0.5) is 0 Å². The fourth-order valence-corrected chi connectivity index (χ4v) is 2.31. The number of benzene rings is 2. The highest BCUT2D eigenvalue weighted by atomic mass is 32.1. The van der Waals surface area contributed by atoms with Gasteiger partial charge in [-0.25, -0.2) is 0 Å². The van der Waals surface area contributed by atoms with Crippen LogP contribution in [0.25, 0.3) is 0 Å². The SMILES string of the molecule is COc1ccc(C(N)=S)c(Oc2cc(C)cc(C)c2C)c1. The Morgan fingerprint density at radius 2 is 1.76 bits per heavy atom. The first-order valence-electron chi connectivity index (χ1n) is 6.66. The normalized spacial score (nSPS) is 10.3. The van der Waals surface area contributed by atoms with Crippen molar-refractivity contribution in [3.05, 3.63) is 52.6 Å². The predicted molar refractivity (Wildman–Crippen MR) is 89.6 cm³/mol. The van der Waals surface area contributed by atoms with Crippen LogP contribution < -0.4 is 15.2 Å². The van der Waals surface area contributed by atoms with Crippen molar-refractivity contribution in [1.29, 1.82) is 0 Å². The van der Waals surface area contributed by atoms with Crippen LogP contribution >= 0.6 is 12.2 Å². The van der Waals surface area contributed by atoms with Gasteiger partial charge in [0.1, 0.15) is 22.2 Å². The molecule has 2 N–H and O–H groups in total. The lowest BCUT2D eigenvalue weighted by atomic mass is 10.1. The van der Waals surface area contributed by atoms with Gasteiger partial charge in [-0.2, -0.15) is 0 Å². The van der Waals surface area contributed by atoms with Gasteiger partial charge in [0.2, 0.25) is 0 Å². The summed E-state index contributed by atoms with van der Waals surface area (Å²) in [6.45, 7) is 6.14. The van der Waals surface area contributed by atoms with E-state index in [0.717, 1.165) is 16.9 Å². The number of methoxy groups -OCH3 is 1. The molecule has 0 amide bonds. The first-order valence-corrected chi connectivity index (χ1v) is 7.06. The average Bonchev–Trinajstić information content (AvgIpc) is 2.43. The Labute approximate surface area is 130 Å². The van der Waals surface area contributed by atoms with Crippen LogP contribution in [0.1, 0.15) is 22.3 Å². The largest absolute Gasteiger partial charge is 0.497 e. The molecule has 0 fully saturated rings. The number of aryl methyl sites for hydroxylation is 2. The van der Waals surface area contributed by atoms with Gasteiger partial charge in [0.15, 0.2) is 0 Å². The van der Waals surface area contributed by atoms with Crippen LogP contribution in [0.3, 0.4) is 0 Å². The Morgan fingerprint density at radius 3 is 2.38 bits per heavy atom. The van der Waals surface area contributed by atoms with Crippen LogP contribution in [-0.2, 0) is 0 Å². The summed E-state index contributed by atoms with van der Waals surface area (Å²) in [5, 5.41) is 0. The molecule has 0 aliphatic carbocycles. The summed E-state index contributed by atoms with van der Waals surface area (Å²) in [5.74, 6) is 2.11. The standard InChI is InChI=1S/C17H19NO2S/c1-10-7-11(2)12(3)15(8-10)20-16-9-13(19-4)5-6-14(16)17(18)21/h5-9H,1-4H3,(H2,18,21). The Hall–Kier alpha value is -2.07. The van der Waals surface area contributed by atoms with E-state index >= 15 is 0 Å². The van der Waals surface area contributed by atoms with E-state index < -0.39 is 0 Å². The Kier molecular flexibility index (Phi) is 4.48. The number of hydrogen-bond donors (Lipinski definition) is 1. The second-order valence-corrected chi connectivity index (χ2v) is 5.47. The second-order valence-electron chi connectivity index (χ2n) is 5.03. The van der Waals surface area contributed by atoms with Gasteiger partial charge in [-0.1, -0.05) is 18.3 Å². The van der Waals surface area contributed by atoms with Gasteiger partial charge >= 0.3 is 0 Å². The third-order valence-electron chi connectivity index (χ3n) is 3.44. The van der Waals surface area contributed by atoms with Gasteiger partial charge in [-0.05, 0) is 55.7 Å². The lowest BCUT2D eigenvalue weighted by Gasteiger charge is -2.15. The Morgan fingerprint density at radius 1 is 1.05 bits per heavy atom. The second kappa shape index (κ2) is 6.14. The van der Waals surface area contributed by atoms with Crippen molar-refractivity contribution in [3.8, 4) is 17.2 Å². The molecule has 0 unspecified atom stereocenters. The minimum atomic E-state index is 0.301. The highest BCUT2D eigenvalue weighted by Crippen LogP contribution is 2.33. The molecule has 110 valence electrons. The molecule has 4 heteroatoms. The van der Waals surface area contributed by atoms with Crippen LogP contribution in [0.5, 0.6) is 17.2 Å². The topological polar surface area (TPSA) is 44.5 Å². The van der Waals surface area contributed by atoms with Crippen molar-refractivity contribution < 1.29 is 9.47 Å². The molecule has 0 aromatic heterocycles. The average molecular weight is 301 g/mol. The number of ether oxygens (including phenoxy) is 2. The van der Waals surface area contributed by atoms with E-state index in [1.807, 2.05) is 32.0 Å². The van der Waals surface area contributed by atoms with Gasteiger partial charge < -0.3 is 15.2 Å². The molecular formula is C17H19NO2S. The fraction of sp³-hybridized carbons (Fsp3) is 0.235. The smallest absolute Gasteiger partial charge is 0.141 e. The first-order chi connectivity index (χ1) is 9.92. The minimum Gasteiger partial charge on any atom is -0.497 e. The van der Waals surface area contributed by atoms with Crippen molar-refractivity contribution in [2.45, 2.75) is 20.8 Å².